The van der Waals surface area contributed by atoms with Crippen LogP contribution in [0.15, 0.2) is 24.4 Å². The van der Waals surface area contributed by atoms with Crippen LogP contribution in [0.25, 0.3) is 10.9 Å². The smallest absolute Gasteiger partial charge is 0.104 e. The lowest BCUT2D eigenvalue weighted by molar-refractivity contribution is 0.178. The molecule has 0 spiro atoms. The van der Waals surface area contributed by atoms with E-state index in [1.165, 1.54) is 10.9 Å². The van der Waals surface area contributed by atoms with E-state index in [1.807, 2.05) is 24.4 Å². The zero-order valence-electron chi connectivity index (χ0n) is 9.12. The molecule has 0 saturated heterocycles. The molecule has 0 fully saturated rings. The van der Waals surface area contributed by atoms with E-state index in [0.717, 1.165) is 10.5 Å². The molecule has 0 aliphatic rings. The molecule has 80 valence electrons. The lowest BCUT2D eigenvalue weighted by atomic mass is 10.0. The van der Waals surface area contributed by atoms with Crippen molar-refractivity contribution in [2.45, 2.75) is 19.8 Å². The molecule has 0 bridgehead atoms. The molecule has 2 rings (SSSR count). The van der Waals surface area contributed by atoms with Gasteiger partial charge in [0.1, 0.15) is 7.11 Å². The molecule has 1 heterocycles. The molecule has 0 amide bonds. The van der Waals surface area contributed by atoms with Crippen molar-refractivity contribution in [2.24, 2.45) is 0 Å². The summed E-state index contributed by atoms with van der Waals surface area (Å²) in [6.45, 7) is 4.34. The van der Waals surface area contributed by atoms with E-state index in [4.69, 9.17) is 16.4 Å². The van der Waals surface area contributed by atoms with Crippen LogP contribution in [-0.2, 0) is 0 Å². The second-order valence-electron chi connectivity index (χ2n) is 3.91. The predicted octanol–water partition coefficient (Wildman–Crippen LogP) is 3.48. The van der Waals surface area contributed by atoms with Crippen LogP contribution >= 0.6 is 11.6 Å². The average molecular weight is 224 g/mol. The summed E-state index contributed by atoms with van der Waals surface area (Å²) in [6, 6.07) is 5.88. The Morgan fingerprint density at radius 3 is 2.67 bits per heavy atom. The molecular formula is C12H14ClNO. The van der Waals surface area contributed by atoms with Gasteiger partial charge >= 0.3 is 0 Å². The van der Waals surface area contributed by atoms with Crippen LogP contribution in [0.1, 0.15) is 25.3 Å². The third kappa shape index (κ3) is 1.70. The lowest BCUT2D eigenvalue weighted by Gasteiger charge is -2.01. The molecule has 15 heavy (non-hydrogen) atoms. The molecule has 3 heteroatoms. The first kappa shape index (κ1) is 10.4. The largest absolute Gasteiger partial charge is 0.417 e. The zero-order valence-corrected chi connectivity index (χ0v) is 9.88. The van der Waals surface area contributed by atoms with Crippen molar-refractivity contribution in [3.05, 3.63) is 35.0 Å². The first-order valence-electron chi connectivity index (χ1n) is 4.98. The zero-order chi connectivity index (χ0) is 11.0. The van der Waals surface area contributed by atoms with Gasteiger partial charge in [0, 0.05) is 16.6 Å². The summed E-state index contributed by atoms with van der Waals surface area (Å²) >= 11 is 5.97. The maximum atomic E-state index is 5.97. The molecule has 2 aromatic rings. The Kier molecular flexibility index (Phi) is 2.61. The van der Waals surface area contributed by atoms with Gasteiger partial charge in [0.15, 0.2) is 0 Å². The van der Waals surface area contributed by atoms with E-state index in [-0.39, 0.29) is 0 Å². The number of halogens is 1. The molecular weight excluding hydrogens is 210 g/mol. The molecule has 0 atom stereocenters. The van der Waals surface area contributed by atoms with Gasteiger partial charge in [-0.1, -0.05) is 31.5 Å². The van der Waals surface area contributed by atoms with Gasteiger partial charge in [-0.3, -0.25) is 0 Å². The quantitative estimate of drug-likeness (QED) is 0.761. The number of hydrogen-bond acceptors (Lipinski definition) is 1. The van der Waals surface area contributed by atoms with Gasteiger partial charge in [0.05, 0.1) is 5.52 Å². The number of nitrogens with zero attached hydrogens (tertiary/aromatic N) is 1. The van der Waals surface area contributed by atoms with Gasteiger partial charge in [0.25, 0.3) is 0 Å². The van der Waals surface area contributed by atoms with E-state index in [9.17, 15) is 0 Å². The summed E-state index contributed by atoms with van der Waals surface area (Å²) in [5.74, 6) is 0.477. The highest BCUT2D eigenvalue weighted by Gasteiger charge is 2.11. The van der Waals surface area contributed by atoms with E-state index in [1.54, 1.807) is 11.8 Å². The van der Waals surface area contributed by atoms with E-state index >= 15 is 0 Å². The highest BCUT2D eigenvalue weighted by molar-refractivity contribution is 6.31. The van der Waals surface area contributed by atoms with Gasteiger partial charge in [-0.2, -0.15) is 4.73 Å². The van der Waals surface area contributed by atoms with Crippen molar-refractivity contribution in [3.8, 4) is 0 Å². The molecule has 2 nitrogen and oxygen atoms in total. The third-order valence-corrected chi connectivity index (χ3v) is 2.82. The first-order chi connectivity index (χ1) is 7.13. The van der Waals surface area contributed by atoms with Crippen molar-refractivity contribution in [3.63, 3.8) is 0 Å². The van der Waals surface area contributed by atoms with Crippen LogP contribution in [0.5, 0.6) is 0 Å². The van der Waals surface area contributed by atoms with Crippen molar-refractivity contribution >= 4 is 22.5 Å². The van der Waals surface area contributed by atoms with Gasteiger partial charge in [-0.15, -0.1) is 0 Å². The highest BCUT2D eigenvalue weighted by atomic mass is 35.5. The van der Waals surface area contributed by atoms with Gasteiger partial charge in [0.2, 0.25) is 0 Å². The molecule has 0 unspecified atom stereocenters. The second kappa shape index (κ2) is 3.78. The summed E-state index contributed by atoms with van der Waals surface area (Å²) in [7, 11) is 1.66. The summed E-state index contributed by atoms with van der Waals surface area (Å²) in [5.41, 5.74) is 2.30. The van der Waals surface area contributed by atoms with Crippen LogP contribution in [0.3, 0.4) is 0 Å². The predicted molar refractivity (Wildman–Crippen MR) is 63.5 cm³/mol. The number of benzene rings is 1. The Morgan fingerprint density at radius 1 is 1.33 bits per heavy atom. The minimum Gasteiger partial charge on any atom is -0.417 e. The minimum atomic E-state index is 0.477. The second-order valence-corrected chi connectivity index (χ2v) is 4.35. The Balaban J connectivity index is 2.75. The van der Waals surface area contributed by atoms with Crippen LogP contribution in [0.4, 0.5) is 0 Å². The first-order valence-corrected chi connectivity index (χ1v) is 5.36. The van der Waals surface area contributed by atoms with Crippen LogP contribution < -0.4 is 4.84 Å². The van der Waals surface area contributed by atoms with Crippen molar-refractivity contribution < 1.29 is 4.84 Å². The van der Waals surface area contributed by atoms with Crippen molar-refractivity contribution in [2.75, 3.05) is 7.11 Å². The minimum absolute atomic E-state index is 0.477. The fourth-order valence-corrected chi connectivity index (χ4v) is 1.97. The van der Waals surface area contributed by atoms with Crippen LogP contribution in [0, 0.1) is 0 Å². The number of aromatic nitrogens is 1. The maximum Gasteiger partial charge on any atom is 0.104 e. The van der Waals surface area contributed by atoms with Crippen molar-refractivity contribution in [1.29, 1.82) is 0 Å². The monoisotopic (exact) mass is 223 g/mol. The Morgan fingerprint density at radius 2 is 2.07 bits per heavy atom. The van der Waals surface area contributed by atoms with Crippen molar-refractivity contribution in [1.82, 2.24) is 4.73 Å². The Labute approximate surface area is 94.4 Å². The number of rotatable bonds is 2. The normalized spacial score (nSPS) is 11.3. The molecule has 0 aliphatic carbocycles. The molecule has 0 radical (unpaired) electrons. The summed E-state index contributed by atoms with van der Waals surface area (Å²) < 4.78 is 1.76. The maximum absolute atomic E-state index is 5.97. The molecule has 1 aromatic heterocycles. The fraction of sp³-hybridized carbons (Fsp3) is 0.333. The van der Waals surface area contributed by atoms with Crippen LogP contribution in [-0.4, -0.2) is 11.8 Å². The summed E-state index contributed by atoms with van der Waals surface area (Å²) in [4.78, 5) is 5.27. The van der Waals surface area contributed by atoms with E-state index in [0.29, 0.717) is 5.92 Å². The number of hydrogen-bond donors (Lipinski definition) is 0. The highest BCUT2D eigenvalue weighted by Crippen LogP contribution is 2.28. The third-order valence-electron chi connectivity index (χ3n) is 2.58. The molecule has 1 aromatic carbocycles. The molecule has 0 aliphatic heterocycles. The topological polar surface area (TPSA) is 14.2 Å². The molecule has 0 N–H and O–H groups in total. The van der Waals surface area contributed by atoms with Gasteiger partial charge in [-0.25, -0.2) is 0 Å². The fourth-order valence-electron chi connectivity index (χ4n) is 1.81. The Hall–Kier alpha value is -1.15. The standard InChI is InChI=1S/C12H14ClNO/c1-8(2)11-7-14(15-3)12-6-9(13)4-5-10(11)12/h4-8H,1-3H3. The van der Waals surface area contributed by atoms with E-state index < -0.39 is 0 Å². The summed E-state index contributed by atoms with van der Waals surface area (Å²) in [6.07, 6.45) is 2.02. The Bertz CT molecular complexity index is 488. The van der Waals surface area contributed by atoms with E-state index in [2.05, 4.69) is 13.8 Å². The SMILES string of the molecule is COn1cc(C(C)C)c2ccc(Cl)cc21. The van der Waals surface area contributed by atoms with Gasteiger partial charge < -0.3 is 4.84 Å². The average Bonchev–Trinajstić information content (AvgIpc) is 2.55. The summed E-state index contributed by atoms with van der Waals surface area (Å²) in [5, 5.41) is 1.94. The number of fused-ring (bicyclic) bond motifs is 1. The van der Waals surface area contributed by atoms with Crippen LogP contribution in [0.2, 0.25) is 5.02 Å². The molecule has 0 saturated carbocycles. The lowest BCUT2D eigenvalue weighted by Crippen LogP contribution is -2.02. The van der Waals surface area contributed by atoms with Gasteiger partial charge in [-0.05, 0) is 23.6 Å².